The standard InChI is InChI=1S/C21H22ClN3O6/c22-19-10-15(31-24-19)11-25(21(29)30-12-13-4-2-1-3-5-13)20(28)16(23)8-14-6-7-17(26)18(27)9-14/h1-7,9,15-16,26-27H,8,10-12,23H2/t15?,16-/m0/s1. The Morgan fingerprint density at radius 2 is 1.94 bits per heavy atom. The summed E-state index contributed by atoms with van der Waals surface area (Å²) in [4.78, 5) is 31.7. The van der Waals surface area contributed by atoms with Crippen LogP contribution >= 0.6 is 11.6 Å². The number of halogens is 1. The minimum absolute atomic E-state index is 0.0205. The van der Waals surface area contributed by atoms with Gasteiger partial charge in [-0.25, -0.2) is 9.69 Å². The van der Waals surface area contributed by atoms with Crippen molar-refractivity contribution in [3.8, 4) is 11.5 Å². The van der Waals surface area contributed by atoms with Crippen molar-refractivity contribution in [1.82, 2.24) is 4.90 Å². The van der Waals surface area contributed by atoms with Gasteiger partial charge in [0.25, 0.3) is 0 Å². The summed E-state index contributed by atoms with van der Waals surface area (Å²) in [5, 5.41) is 22.9. The molecule has 0 bridgehead atoms. The second kappa shape index (κ2) is 10.1. The number of benzene rings is 2. The van der Waals surface area contributed by atoms with E-state index in [1.807, 2.05) is 6.07 Å². The Hall–Kier alpha value is -3.30. The van der Waals surface area contributed by atoms with Crippen molar-refractivity contribution in [1.29, 1.82) is 0 Å². The van der Waals surface area contributed by atoms with Crippen LogP contribution in [0.5, 0.6) is 11.5 Å². The lowest BCUT2D eigenvalue weighted by atomic mass is 10.0. The van der Waals surface area contributed by atoms with Crippen LogP contribution in [0.3, 0.4) is 0 Å². The summed E-state index contributed by atoms with van der Waals surface area (Å²) in [5.41, 5.74) is 7.32. The van der Waals surface area contributed by atoms with Crippen LogP contribution in [0.1, 0.15) is 17.5 Å². The van der Waals surface area contributed by atoms with Crippen molar-refractivity contribution in [2.24, 2.45) is 10.9 Å². The van der Waals surface area contributed by atoms with Gasteiger partial charge >= 0.3 is 6.09 Å². The topological polar surface area (TPSA) is 135 Å². The van der Waals surface area contributed by atoms with Crippen LogP contribution in [0, 0.1) is 0 Å². The largest absolute Gasteiger partial charge is 0.504 e. The third-order valence-corrected chi connectivity index (χ3v) is 4.81. The van der Waals surface area contributed by atoms with Crippen LogP contribution in [0.25, 0.3) is 0 Å². The molecule has 0 radical (unpaired) electrons. The molecular weight excluding hydrogens is 426 g/mol. The summed E-state index contributed by atoms with van der Waals surface area (Å²) in [6.07, 6.45) is -1.20. The molecule has 9 nitrogen and oxygen atoms in total. The molecule has 0 spiro atoms. The zero-order chi connectivity index (χ0) is 22.4. The number of nitrogens with two attached hydrogens (primary N) is 1. The molecule has 1 unspecified atom stereocenters. The van der Waals surface area contributed by atoms with Crippen LogP contribution in [0.15, 0.2) is 53.7 Å². The van der Waals surface area contributed by atoms with E-state index in [0.717, 1.165) is 10.5 Å². The Balaban J connectivity index is 1.69. The number of nitrogens with zero attached hydrogens (tertiary/aromatic N) is 2. The normalized spacial score (nSPS) is 16.2. The monoisotopic (exact) mass is 447 g/mol. The molecule has 1 aliphatic rings. The molecule has 0 aromatic heterocycles. The number of aromatic hydroxyl groups is 2. The van der Waals surface area contributed by atoms with Crippen LogP contribution in [-0.2, 0) is 27.4 Å². The van der Waals surface area contributed by atoms with Gasteiger partial charge in [-0.15, -0.1) is 0 Å². The minimum Gasteiger partial charge on any atom is -0.504 e. The van der Waals surface area contributed by atoms with Gasteiger partial charge in [0.15, 0.2) is 17.6 Å². The molecule has 2 aromatic rings. The third kappa shape index (κ3) is 6.09. The van der Waals surface area contributed by atoms with E-state index in [-0.39, 0.29) is 42.7 Å². The zero-order valence-electron chi connectivity index (χ0n) is 16.5. The average Bonchev–Trinajstić information content (AvgIpc) is 3.18. The molecule has 2 aromatic carbocycles. The van der Waals surface area contributed by atoms with Crippen molar-refractivity contribution in [2.45, 2.75) is 31.6 Å². The van der Waals surface area contributed by atoms with Crippen molar-refractivity contribution < 1.29 is 29.4 Å². The van der Waals surface area contributed by atoms with E-state index in [1.165, 1.54) is 18.2 Å². The first-order chi connectivity index (χ1) is 14.8. The van der Waals surface area contributed by atoms with Crippen molar-refractivity contribution >= 4 is 28.8 Å². The molecular formula is C21H22ClN3O6. The summed E-state index contributed by atoms with van der Waals surface area (Å²) in [7, 11) is 0. The number of rotatable bonds is 7. The van der Waals surface area contributed by atoms with Crippen molar-refractivity contribution in [2.75, 3.05) is 6.54 Å². The molecule has 3 rings (SSSR count). The fraction of sp³-hybridized carbons (Fsp3) is 0.286. The quantitative estimate of drug-likeness (QED) is 0.555. The lowest BCUT2D eigenvalue weighted by Crippen LogP contribution is -2.50. The highest BCUT2D eigenvalue weighted by molar-refractivity contribution is 6.65. The number of amides is 2. The fourth-order valence-corrected chi connectivity index (χ4v) is 3.20. The van der Waals surface area contributed by atoms with Gasteiger partial charge in [-0.1, -0.05) is 53.2 Å². The van der Waals surface area contributed by atoms with Gasteiger partial charge < -0.3 is 25.5 Å². The molecule has 1 aliphatic heterocycles. The molecule has 1 heterocycles. The van der Waals surface area contributed by atoms with E-state index in [9.17, 15) is 19.8 Å². The highest BCUT2D eigenvalue weighted by Gasteiger charge is 2.33. The second-order valence-electron chi connectivity index (χ2n) is 7.02. The van der Waals surface area contributed by atoms with E-state index in [4.69, 9.17) is 26.9 Å². The molecule has 2 atom stereocenters. The minimum atomic E-state index is -1.11. The summed E-state index contributed by atoms with van der Waals surface area (Å²) in [6.45, 7) is -0.159. The maximum atomic E-state index is 13.0. The maximum Gasteiger partial charge on any atom is 0.417 e. The van der Waals surface area contributed by atoms with Gasteiger partial charge in [-0.2, -0.15) is 0 Å². The highest BCUT2D eigenvalue weighted by Crippen LogP contribution is 2.25. The van der Waals surface area contributed by atoms with Crippen LogP contribution in [-0.4, -0.2) is 51.0 Å². The van der Waals surface area contributed by atoms with E-state index < -0.39 is 24.1 Å². The van der Waals surface area contributed by atoms with Crippen molar-refractivity contribution in [3.63, 3.8) is 0 Å². The van der Waals surface area contributed by atoms with E-state index in [1.54, 1.807) is 24.3 Å². The Labute approximate surface area is 183 Å². The molecule has 0 saturated heterocycles. The van der Waals surface area contributed by atoms with Gasteiger partial charge in [-0.3, -0.25) is 4.79 Å². The maximum absolute atomic E-state index is 13.0. The van der Waals surface area contributed by atoms with Crippen LogP contribution < -0.4 is 5.73 Å². The van der Waals surface area contributed by atoms with E-state index >= 15 is 0 Å². The Morgan fingerprint density at radius 3 is 2.58 bits per heavy atom. The SMILES string of the molecule is N[C@@H](Cc1ccc(O)c(O)c1)C(=O)N(CC1CC(Cl)=NO1)C(=O)OCc1ccccc1. The lowest BCUT2D eigenvalue weighted by molar-refractivity contribution is -0.132. The number of imide groups is 1. The Kier molecular flexibility index (Phi) is 7.32. The van der Waals surface area contributed by atoms with Gasteiger partial charge in [0.05, 0.1) is 12.6 Å². The molecule has 2 amide bonds. The number of carbonyl (C=O) groups excluding carboxylic acids is 2. The molecule has 164 valence electrons. The molecule has 4 N–H and O–H groups in total. The summed E-state index contributed by atoms with van der Waals surface area (Å²) in [6, 6.07) is 12.0. The van der Waals surface area contributed by atoms with Crippen LogP contribution in [0.2, 0.25) is 0 Å². The van der Waals surface area contributed by atoms with Gasteiger partial charge in [0.2, 0.25) is 5.91 Å². The molecule has 10 heteroatoms. The number of ether oxygens (including phenoxy) is 1. The number of oxime groups is 1. The number of phenols is 2. The van der Waals surface area contributed by atoms with Gasteiger partial charge in [0, 0.05) is 6.42 Å². The highest BCUT2D eigenvalue weighted by atomic mass is 35.5. The van der Waals surface area contributed by atoms with E-state index in [2.05, 4.69) is 5.16 Å². The third-order valence-electron chi connectivity index (χ3n) is 4.59. The molecule has 0 aliphatic carbocycles. The second-order valence-corrected chi connectivity index (χ2v) is 7.46. The number of phenolic OH excluding ortho intramolecular Hbond substituents is 2. The zero-order valence-corrected chi connectivity index (χ0v) is 17.2. The van der Waals surface area contributed by atoms with Gasteiger partial charge in [-0.05, 0) is 29.7 Å². The average molecular weight is 448 g/mol. The molecule has 0 fully saturated rings. The fourth-order valence-electron chi connectivity index (χ4n) is 2.98. The summed E-state index contributed by atoms with van der Waals surface area (Å²) in [5.74, 6) is -1.30. The summed E-state index contributed by atoms with van der Waals surface area (Å²) < 4.78 is 5.30. The van der Waals surface area contributed by atoms with Crippen LogP contribution in [0.4, 0.5) is 4.79 Å². The number of hydrogen-bond donors (Lipinski definition) is 3. The lowest BCUT2D eigenvalue weighted by Gasteiger charge is -2.25. The molecule has 0 saturated carbocycles. The first-order valence-electron chi connectivity index (χ1n) is 9.50. The Bertz CT molecular complexity index is 969. The predicted octanol–water partition coefficient (Wildman–Crippen LogP) is 2.47. The number of carbonyl (C=O) groups is 2. The summed E-state index contributed by atoms with van der Waals surface area (Å²) >= 11 is 5.82. The first-order valence-corrected chi connectivity index (χ1v) is 9.88. The van der Waals surface area contributed by atoms with Gasteiger partial charge in [0.1, 0.15) is 11.8 Å². The Morgan fingerprint density at radius 1 is 1.19 bits per heavy atom. The van der Waals surface area contributed by atoms with E-state index in [0.29, 0.717) is 5.56 Å². The smallest absolute Gasteiger partial charge is 0.417 e. The predicted molar refractivity (Wildman–Crippen MR) is 113 cm³/mol. The number of hydrogen-bond acceptors (Lipinski definition) is 8. The van der Waals surface area contributed by atoms with Crippen molar-refractivity contribution in [3.05, 3.63) is 59.7 Å². The molecule has 31 heavy (non-hydrogen) atoms. The first kappa shape index (κ1) is 22.4.